The van der Waals surface area contributed by atoms with Gasteiger partial charge in [0.1, 0.15) is 0 Å². The van der Waals surface area contributed by atoms with E-state index in [0.717, 1.165) is 37.8 Å². The first kappa shape index (κ1) is 15.7. The molecule has 1 aliphatic carbocycles. The van der Waals surface area contributed by atoms with Gasteiger partial charge in [0.2, 0.25) is 5.91 Å². The number of amides is 1. The van der Waals surface area contributed by atoms with Crippen molar-refractivity contribution in [2.24, 2.45) is 0 Å². The quantitative estimate of drug-likeness (QED) is 0.780. The Morgan fingerprint density at radius 3 is 2.48 bits per heavy atom. The standard InChI is InChI=1S/C20H24N2O/c1-2-16-5-7-18(8-6-16)15-22(19-10-11-19)20(23)12-9-17-4-3-13-21-14-17/h3-8,13-14,19H,2,9-12,15H2,1H3. The van der Waals surface area contributed by atoms with Crippen LogP contribution in [0.4, 0.5) is 0 Å². The van der Waals surface area contributed by atoms with Crippen LogP contribution in [0.25, 0.3) is 0 Å². The van der Waals surface area contributed by atoms with Crippen molar-refractivity contribution in [1.29, 1.82) is 0 Å². The highest BCUT2D eigenvalue weighted by molar-refractivity contribution is 5.77. The van der Waals surface area contributed by atoms with Gasteiger partial charge in [0, 0.05) is 31.4 Å². The lowest BCUT2D eigenvalue weighted by Crippen LogP contribution is -2.32. The first-order valence-electron chi connectivity index (χ1n) is 8.52. The molecule has 1 fully saturated rings. The fourth-order valence-corrected chi connectivity index (χ4v) is 2.83. The molecule has 1 aromatic heterocycles. The molecule has 3 heteroatoms. The number of aryl methyl sites for hydroxylation is 2. The van der Waals surface area contributed by atoms with Gasteiger partial charge in [0.25, 0.3) is 0 Å². The van der Waals surface area contributed by atoms with Gasteiger partial charge >= 0.3 is 0 Å². The van der Waals surface area contributed by atoms with E-state index >= 15 is 0 Å². The molecule has 1 aliphatic rings. The van der Waals surface area contributed by atoms with E-state index in [1.54, 1.807) is 6.20 Å². The molecule has 0 aliphatic heterocycles. The predicted octanol–water partition coefficient (Wildman–Crippen LogP) is 3.77. The zero-order chi connectivity index (χ0) is 16.1. The molecule has 1 heterocycles. The molecule has 0 bridgehead atoms. The van der Waals surface area contributed by atoms with Crippen molar-refractivity contribution >= 4 is 5.91 Å². The summed E-state index contributed by atoms with van der Waals surface area (Å²) in [7, 11) is 0. The minimum atomic E-state index is 0.260. The van der Waals surface area contributed by atoms with Gasteiger partial charge < -0.3 is 4.90 Å². The topological polar surface area (TPSA) is 33.2 Å². The average Bonchev–Trinajstić information content (AvgIpc) is 3.44. The number of aromatic nitrogens is 1. The molecular weight excluding hydrogens is 284 g/mol. The maximum atomic E-state index is 12.6. The number of hydrogen-bond acceptors (Lipinski definition) is 2. The number of carbonyl (C=O) groups is 1. The Morgan fingerprint density at radius 2 is 1.87 bits per heavy atom. The molecule has 0 unspecified atom stereocenters. The lowest BCUT2D eigenvalue weighted by molar-refractivity contribution is -0.132. The highest BCUT2D eigenvalue weighted by Gasteiger charge is 2.32. The molecular formula is C20H24N2O. The van der Waals surface area contributed by atoms with Gasteiger partial charge in [-0.15, -0.1) is 0 Å². The van der Waals surface area contributed by atoms with Gasteiger partial charge in [-0.25, -0.2) is 0 Å². The van der Waals surface area contributed by atoms with Gasteiger partial charge in [-0.05, 0) is 48.4 Å². The molecule has 23 heavy (non-hydrogen) atoms. The Kier molecular flexibility index (Phi) is 5.06. The van der Waals surface area contributed by atoms with Crippen molar-refractivity contribution in [2.45, 2.75) is 51.6 Å². The predicted molar refractivity (Wildman–Crippen MR) is 92.0 cm³/mol. The molecule has 1 saturated carbocycles. The first-order chi connectivity index (χ1) is 11.3. The van der Waals surface area contributed by atoms with Crippen molar-refractivity contribution in [1.82, 2.24) is 9.88 Å². The second-order valence-electron chi connectivity index (χ2n) is 6.28. The van der Waals surface area contributed by atoms with Crippen molar-refractivity contribution in [3.05, 3.63) is 65.5 Å². The first-order valence-corrected chi connectivity index (χ1v) is 8.52. The summed E-state index contributed by atoms with van der Waals surface area (Å²) in [6.45, 7) is 2.90. The van der Waals surface area contributed by atoms with E-state index in [1.807, 2.05) is 18.3 Å². The molecule has 0 spiro atoms. The molecule has 1 amide bonds. The highest BCUT2D eigenvalue weighted by atomic mass is 16.2. The number of rotatable bonds is 7. The monoisotopic (exact) mass is 308 g/mol. The summed E-state index contributed by atoms with van der Waals surface area (Å²) in [6.07, 6.45) is 8.29. The number of benzene rings is 1. The van der Waals surface area contributed by atoms with Gasteiger partial charge in [-0.2, -0.15) is 0 Å². The molecule has 0 saturated heterocycles. The van der Waals surface area contributed by atoms with Crippen molar-refractivity contribution < 1.29 is 4.79 Å². The number of pyridine rings is 1. The fraction of sp³-hybridized carbons (Fsp3) is 0.400. The van der Waals surface area contributed by atoms with Crippen LogP contribution >= 0.6 is 0 Å². The fourth-order valence-electron chi connectivity index (χ4n) is 2.83. The van der Waals surface area contributed by atoms with Crippen LogP contribution in [0, 0.1) is 0 Å². The number of hydrogen-bond donors (Lipinski definition) is 0. The van der Waals surface area contributed by atoms with Gasteiger partial charge in [0.15, 0.2) is 0 Å². The van der Waals surface area contributed by atoms with Gasteiger partial charge in [0.05, 0.1) is 0 Å². The van der Waals surface area contributed by atoms with Crippen molar-refractivity contribution in [3.63, 3.8) is 0 Å². The lowest BCUT2D eigenvalue weighted by Gasteiger charge is -2.23. The van der Waals surface area contributed by atoms with Crippen LogP contribution in [0.3, 0.4) is 0 Å². The van der Waals surface area contributed by atoms with E-state index in [9.17, 15) is 4.79 Å². The summed E-state index contributed by atoms with van der Waals surface area (Å²) < 4.78 is 0. The second kappa shape index (κ2) is 7.40. The SMILES string of the molecule is CCc1ccc(CN(C(=O)CCc2cccnc2)C2CC2)cc1. The van der Waals surface area contributed by atoms with E-state index in [-0.39, 0.29) is 5.91 Å². The lowest BCUT2D eigenvalue weighted by atomic mass is 10.1. The normalized spacial score (nSPS) is 13.8. The van der Waals surface area contributed by atoms with Crippen LogP contribution < -0.4 is 0 Å². The molecule has 0 radical (unpaired) electrons. The molecule has 2 aromatic rings. The van der Waals surface area contributed by atoms with E-state index < -0.39 is 0 Å². The smallest absolute Gasteiger partial charge is 0.223 e. The van der Waals surface area contributed by atoms with E-state index in [4.69, 9.17) is 0 Å². The van der Waals surface area contributed by atoms with Crippen LogP contribution in [0.1, 0.15) is 42.9 Å². The summed E-state index contributed by atoms with van der Waals surface area (Å²) in [4.78, 5) is 18.8. The Balaban J connectivity index is 1.60. The van der Waals surface area contributed by atoms with Gasteiger partial charge in [-0.3, -0.25) is 9.78 Å². The summed E-state index contributed by atoms with van der Waals surface area (Å²) in [5.41, 5.74) is 3.70. The third kappa shape index (κ3) is 4.41. The Labute approximate surface area is 138 Å². The van der Waals surface area contributed by atoms with Crippen molar-refractivity contribution in [2.75, 3.05) is 0 Å². The largest absolute Gasteiger partial charge is 0.335 e. The van der Waals surface area contributed by atoms with Crippen LogP contribution in [0.2, 0.25) is 0 Å². The Bertz CT molecular complexity index is 632. The molecule has 0 atom stereocenters. The zero-order valence-corrected chi connectivity index (χ0v) is 13.7. The van der Waals surface area contributed by atoms with E-state index in [0.29, 0.717) is 12.5 Å². The molecule has 3 nitrogen and oxygen atoms in total. The van der Waals surface area contributed by atoms with Crippen LogP contribution in [-0.4, -0.2) is 21.8 Å². The molecule has 3 rings (SSSR count). The molecule has 120 valence electrons. The van der Waals surface area contributed by atoms with E-state index in [2.05, 4.69) is 41.1 Å². The summed E-state index contributed by atoms with van der Waals surface area (Å²) >= 11 is 0. The summed E-state index contributed by atoms with van der Waals surface area (Å²) in [6, 6.07) is 13.0. The number of carbonyl (C=O) groups excluding carboxylic acids is 1. The number of nitrogens with zero attached hydrogens (tertiary/aromatic N) is 2. The summed E-state index contributed by atoms with van der Waals surface area (Å²) in [5.74, 6) is 0.260. The Morgan fingerprint density at radius 1 is 1.13 bits per heavy atom. The Hall–Kier alpha value is -2.16. The minimum absolute atomic E-state index is 0.260. The second-order valence-corrected chi connectivity index (χ2v) is 6.28. The van der Waals surface area contributed by atoms with Crippen molar-refractivity contribution in [3.8, 4) is 0 Å². The zero-order valence-electron chi connectivity index (χ0n) is 13.7. The van der Waals surface area contributed by atoms with Crippen LogP contribution in [-0.2, 0) is 24.2 Å². The average molecular weight is 308 g/mol. The maximum absolute atomic E-state index is 12.6. The maximum Gasteiger partial charge on any atom is 0.223 e. The highest BCUT2D eigenvalue weighted by Crippen LogP contribution is 2.29. The molecule has 1 aromatic carbocycles. The minimum Gasteiger partial charge on any atom is -0.335 e. The third-order valence-corrected chi connectivity index (χ3v) is 4.44. The summed E-state index contributed by atoms with van der Waals surface area (Å²) in [5, 5.41) is 0. The van der Waals surface area contributed by atoms with Gasteiger partial charge in [-0.1, -0.05) is 37.3 Å². The van der Waals surface area contributed by atoms with E-state index in [1.165, 1.54) is 11.1 Å². The third-order valence-electron chi connectivity index (χ3n) is 4.44. The van der Waals surface area contributed by atoms with Crippen LogP contribution in [0.5, 0.6) is 0 Å². The molecule has 0 N–H and O–H groups in total. The van der Waals surface area contributed by atoms with Crippen LogP contribution in [0.15, 0.2) is 48.8 Å².